The number of hydrazone groups is 1. The van der Waals surface area contributed by atoms with Crippen molar-refractivity contribution in [3.05, 3.63) is 28.8 Å². The molecule has 1 fully saturated rings. The van der Waals surface area contributed by atoms with Gasteiger partial charge >= 0.3 is 0 Å². The first-order chi connectivity index (χ1) is 14.2. The topological polar surface area (TPSA) is 45.6 Å². The number of benzene rings is 1. The molecule has 2 rings (SSSR count). The van der Waals surface area contributed by atoms with Crippen molar-refractivity contribution in [2.45, 2.75) is 90.0 Å². The van der Waals surface area contributed by atoms with E-state index in [4.69, 9.17) is 28.6 Å². The van der Waals surface area contributed by atoms with Crippen LogP contribution in [0.3, 0.4) is 0 Å². The summed E-state index contributed by atoms with van der Waals surface area (Å²) in [5.41, 5.74) is 3.72. The van der Waals surface area contributed by atoms with E-state index in [0.717, 1.165) is 24.3 Å². The molecule has 29 heavy (non-hydrogen) atoms. The van der Waals surface area contributed by atoms with E-state index < -0.39 is 0 Å². The van der Waals surface area contributed by atoms with Gasteiger partial charge in [0.15, 0.2) is 5.11 Å². The third-order valence-electron chi connectivity index (χ3n) is 5.30. The van der Waals surface area contributed by atoms with Crippen LogP contribution in [0.1, 0.15) is 89.5 Å². The number of halogens is 1. The van der Waals surface area contributed by atoms with Gasteiger partial charge < -0.3 is 10.1 Å². The highest BCUT2D eigenvalue weighted by atomic mass is 35.5. The zero-order valence-electron chi connectivity index (χ0n) is 17.7. The molecule has 0 saturated heterocycles. The number of rotatable bonds is 12. The Morgan fingerprint density at radius 1 is 1.14 bits per heavy atom. The van der Waals surface area contributed by atoms with Crippen molar-refractivity contribution in [1.29, 1.82) is 0 Å². The first-order valence-corrected chi connectivity index (χ1v) is 12.0. The van der Waals surface area contributed by atoms with Gasteiger partial charge in [0.05, 0.1) is 17.8 Å². The lowest BCUT2D eigenvalue weighted by molar-refractivity contribution is 0.304. The lowest BCUT2D eigenvalue weighted by atomic mass is 9.96. The molecular formula is C23H36ClN3OS. The third kappa shape index (κ3) is 10.3. The van der Waals surface area contributed by atoms with Gasteiger partial charge in [0, 0.05) is 11.6 Å². The number of ether oxygens (including phenoxy) is 1. The number of hydrogen-bond acceptors (Lipinski definition) is 3. The highest BCUT2D eigenvalue weighted by Crippen LogP contribution is 2.22. The van der Waals surface area contributed by atoms with Gasteiger partial charge in [-0.3, -0.25) is 5.43 Å². The van der Waals surface area contributed by atoms with Crippen LogP contribution in [-0.2, 0) is 0 Å². The SMILES string of the molecule is CCCCCCCCCOc1ccc(/C=N\NC(=S)NC2CCCCC2)c(Cl)c1. The molecule has 0 amide bonds. The Balaban J connectivity index is 1.64. The monoisotopic (exact) mass is 437 g/mol. The van der Waals surface area contributed by atoms with Crippen LogP contribution in [0.2, 0.25) is 5.02 Å². The van der Waals surface area contributed by atoms with Crippen LogP contribution < -0.4 is 15.5 Å². The summed E-state index contributed by atoms with van der Waals surface area (Å²) in [5.74, 6) is 0.806. The van der Waals surface area contributed by atoms with Crippen molar-refractivity contribution in [2.75, 3.05) is 6.61 Å². The maximum absolute atomic E-state index is 6.36. The maximum Gasteiger partial charge on any atom is 0.187 e. The van der Waals surface area contributed by atoms with E-state index in [2.05, 4.69) is 22.8 Å². The van der Waals surface area contributed by atoms with Gasteiger partial charge in [-0.2, -0.15) is 5.10 Å². The summed E-state index contributed by atoms with van der Waals surface area (Å²) in [6, 6.07) is 6.18. The van der Waals surface area contributed by atoms with Crippen molar-refractivity contribution in [1.82, 2.24) is 10.7 Å². The fraction of sp³-hybridized carbons (Fsp3) is 0.652. The lowest BCUT2D eigenvalue weighted by Gasteiger charge is -2.23. The summed E-state index contributed by atoms with van der Waals surface area (Å²) < 4.78 is 5.82. The number of nitrogens with one attached hydrogen (secondary N) is 2. The first-order valence-electron chi connectivity index (χ1n) is 11.2. The van der Waals surface area contributed by atoms with Crippen molar-refractivity contribution < 1.29 is 4.74 Å². The van der Waals surface area contributed by atoms with E-state index in [1.807, 2.05) is 18.2 Å². The Morgan fingerprint density at radius 3 is 2.59 bits per heavy atom. The fourth-order valence-corrected chi connectivity index (χ4v) is 4.02. The van der Waals surface area contributed by atoms with E-state index in [0.29, 0.717) is 16.2 Å². The van der Waals surface area contributed by atoms with Crippen LogP contribution in [0.15, 0.2) is 23.3 Å². The van der Waals surface area contributed by atoms with Crippen LogP contribution >= 0.6 is 23.8 Å². The van der Waals surface area contributed by atoms with E-state index in [1.165, 1.54) is 70.6 Å². The Kier molecular flexibility index (Phi) is 12.1. The van der Waals surface area contributed by atoms with Crippen LogP contribution in [0.4, 0.5) is 0 Å². The first kappa shape index (κ1) is 23.9. The van der Waals surface area contributed by atoms with Gasteiger partial charge in [0.2, 0.25) is 0 Å². The quantitative estimate of drug-likeness (QED) is 0.167. The molecule has 162 valence electrons. The van der Waals surface area contributed by atoms with Crippen LogP contribution in [-0.4, -0.2) is 24.0 Å². The summed E-state index contributed by atoms with van der Waals surface area (Å²) in [7, 11) is 0. The summed E-state index contributed by atoms with van der Waals surface area (Å²) in [5, 5.41) is 8.73. The van der Waals surface area contributed by atoms with Crippen molar-refractivity contribution >= 4 is 35.1 Å². The molecule has 0 aromatic heterocycles. The second-order valence-electron chi connectivity index (χ2n) is 7.83. The lowest BCUT2D eigenvalue weighted by Crippen LogP contribution is -2.40. The predicted molar refractivity (Wildman–Crippen MR) is 128 cm³/mol. The Bertz CT molecular complexity index is 633. The van der Waals surface area contributed by atoms with Gasteiger partial charge in [0.25, 0.3) is 0 Å². The van der Waals surface area contributed by atoms with Gasteiger partial charge in [-0.25, -0.2) is 0 Å². The van der Waals surface area contributed by atoms with E-state index in [-0.39, 0.29) is 0 Å². The van der Waals surface area contributed by atoms with Crippen LogP contribution in [0.25, 0.3) is 0 Å². The molecule has 0 atom stereocenters. The minimum Gasteiger partial charge on any atom is -0.494 e. The second-order valence-corrected chi connectivity index (χ2v) is 8.65. The predicted octanol–water partition coefficient (Wildman–Crippen LogP) is 6.60. The highest BCUT2D eigenvalue weighted by molar-refractivity contribution is 7.80. The molecule has 1 aromatic rings. The molecule has 0 heterocycles. The molecular weight excluding hydrogens is 402 g/mol. The highest BCUT2D eigenvalue weighted by Gasteiger charge is 2.13. The molecule has 1 saturated carbocycles. The molecule has 6 heteroatoms. The summed E-state index contributed by atoms with van der Waals surface area (Å²) in [4.78, 5) is 0. The fourth-order valence-electron chi connectivity index (χ4n) is 3.58. The Morgan fingerprint density at radius 2 is 1.86 bits per heavy atom. The van der Waals surface area contributed by atoms with E-state index in [9.17, 15) is 0 Å². The standard InChI is InChI=1S/C23H36ClN3OS/c1-2-3-4-5-6-7-11-16-28-21-15-14-19(22(24)17-21)18-25-27-23(29)26-20-12-9-8-10-13-20/h14-15,17-18,20H,2-13,16H2,1H3,(H2,26,27,29)/b25-18-. The molecule has 1 aromatic carbocycles. The summed E-state index contributed by atoms with van der Waals surface area (Å²) >= 11 is 11.7. The van der Waals surface area contributed by atoms with Crippen molar-refractivity contribution in [3.63, 3.8) is 0 Å². The van der Waals surface area contributed by atoms with E-state index >= 15 is 0 Å². The third-order valence-corrected chi connectivity index (χ3v) is 5.84. The number of hydrogen-bond donors (Lipinski definition) is 2. The molecule has 2 N–H and O–H groups in total. The molecule has 1 aliphatic rings. The van der Waals surface area contributed by atoms with Crippen molar-refractivity contribution in [3.8, 4) is 5.75 Å². The zero-order valence-corrected chi connectivity index (χ0v) is 19.3. The minimum atomic E-state index is 0.468. The van der Waals surface area contributed by atoms with Crippen LogP contribution in [0, 0.1) is 0 Å². The molecule has 0 radical (unpaired) electrons. The molecule has 0 spiro atoms. The number of nitrogens with zero attached hydrogens (tertiary/aromatic N) is 1. The molecule has 0 unspecified atom stereocenters. The van der Waals surface area contributed by atoms with Gasteiger partial charge in [-0.1, -0.05) is 76.3 Å². The smallest absolute Gasteiger partial charge is 0.187 e. The maximum atomic E-state index is 6.36. The summed E-state index contributed by atoms with van der Waals surface area (Å²) in [6.45, 7) is 2.98. The van der Waals surface area contributed by atoms with E-state index in [1.54, 1.807) is 6.21 Å². The summed E-state index contributed by atoms with van der Waals surface area (Å²) in [6.07, 6.45) is 16.9. The van der Waals surface area contributed by atoms with Gasteiger partial charge in [0.1, 0.15) is 5.75 Å². The second kappa shape index (κ2) is 14.6. The average molecular weight is 438 g/mol. The average Bonchev–Trinajstić information content (AvgIpc) is 2.72. The number of thiocarbonyl (C=S) groups is 1. The normalized spacial score (nSPS) is 14.8. The minimum absolute atomic E-state index is 0.468. The molecule has 0 aliphatic heterocycles. The Labute approximate surface area is 186 Å². The largest absolute Gasteiger partial charge is 0.494 e. The molecule has 1 aliphatic carbocycles. The molecule has 4 nitrogen and oxygen atoms in total. The van der Waals surface area contributed by atoms with Gasteiger partial charge in [-0.05, 0) is 49.7 Å². The number of unbranched alkanes of at least 4 members (excludes halogenated alkanes) is 6. The van der Waals surface area contributed by atoms with Gasteiger partial charge in [-0.15, -0.1) is 0 Å². The van der Waals surface area contributed by atoms with Crippen LogP contribution in [0.5, 0.6) is 5.75 Å². The zero-order chi connectivity index (χ0) is 20.7. The molecule has 0 bridgehead atoms. The Hall–Kier alpha value is -1.33. The van der Waals surface area contributed by atoms with Crippen molar-refractivity contribution in [2.24, 2.45) is 5.10 Å².